The van der Waals surface area contributed by atoms with Crippen LogP contribution in [-0.4, -0.2) is 13.1 Å². The Labute approximate surface area is 105 Å². The molecule has 0 radical (unpaired) electrons. The number of rotatable bonds is 6. The van der Waals surface area contributed by atoms with Gasteiger partial charge < -0.3 is 5.32 Å². The summed E-state index contributed by atoms with van der Waals surface area (Å²) in [6.07, 6.45) is 1.73. The van der Waals surface area contributed by atoms with Crippen LogP contribution in [0.5, 0.6) is 0 Å². The van der Waals surface area contributed by atoms with Crippen LogP contribution in [0.4, 0.5) is 0 Å². The molecule has 2 heteroatoms. The maximum Gasteiger partial charge on any atom is 0.0834 e. The largest absolute Gasteiger partial charge is 0.317 e. The van der Waals surface area contributed by atoms with Gasteiger partial charge in [-0.05, 0) is 44.0 Å². The zero-order chi connectivity index (χ0) is 12.7. The molecule has 17 heavy (non-hydrogen) atoms. The molecule has 1 N–H and O–H groups in total. The van der Waals surface area contributed by atoms with Gasteiger partial charge in [-0.2, -0.15) is 5.26 Å². The smallest absolute Gasteiger partial charge is 0.0834 e. The van der Waals surface area contributed by atoms with Crippen LogP contribution in [0, 0.1) is 18.3 Å². The normalized spacial score (nSPS) is 14.0. The Morgan fingerprint density at radius 1 is 1.29 bits per heavy atom. The molecule has 0 bridgehead atoms. The van der Waals surface area contributed by atoms with Crippen molar-refractivity contribution >= 4 is 0 Å². The van der Waals surface area contributed by atoms with Gasteiger partial charge in [0.15, 0.2) is 0 Å². The first-order chi connectivity index (χ1) is 8.20. The first-order valence-corrected chi connectivity index (χ1v) is 6.38. The van der Waals surface area contributed by atoms with Crippen molar-refractivity contribution < 1.29 is 0 Å². The predicted molar refractivity (Wildman–Crippen MR) is 71.9 cm³/mol. The van der Waals surface area contributed by atoms with Gasteiger partial charge in [-0.15, -0.1) is 0 Å². The molecule has 1 aromatic rings. The number of aryl methyl sites for hydroxylation is 1. The molecule has 0 spiro atoms. The minimum Gasteiger partial charge on any atom is -0.317 e. The molecular formula is C15H22N2. The van der Waals surface area contributed by atoms with E-state index in [1.54, 1.807) is 0 Å². The predicted octanol–water partition coefficient (Wildman–Crippen LogP) is 3.17. The lowest BCUT2D eigenvalue weighted by molar-refractivity contribution is 0.465. The summed E-state index contributed by atoms with van der Waals surface area (Å²) in [4.78, 5) is 0. The number of nitrogens with one attached hydrogen (secondary N) is 1. The molecular weight excluding hydrogens is 208 g/mol. The van der Waals surface area contributed by atoms with Gasteiger partial charge in [-0.3, -0.25) is 0 Å². The Bertz CT molecular complexity index is 392. The van der Waals surface area contributed by atoms with E-state index in [0.717, 1.165) is 25.9 Å². The van der Waals surface area contributed by atoms with Crippen LogP contribution in [-0.2, 0) is 5.41 Å². The Morgan fingerprint density at radius 3 is 2.53 bits per heavy atom. The van der Waals surface area contributed by atoms with Gasteiger partial charge >= 0.3 is 0 Å². The summed E-state index contributed by atoms with van der Waals surface area (Å²) < 4.78 is 0. The molecule has 0 saturated heterocycles. The Kier molecular flexibility index (Phi) is 5.18. The fraction of sp³-hybridized carbons (Fsp3) is 0.533. The van der Waals surface area contributed by atoms with Crippen molar-refractivity contribution in [3.63, 3.8) is 0 Å². The molecule has 1 atom stereocenters. The second-order valence-electron chi connectivity index (χ2n) is 4.47. The molecule has 1 aromatic carbocycles. The summed E-state index contributed by atoms with van der Waals surface area (Å²) in [5.74, 6) is 0. The van der Waals surface area contributed by atoms with Crippen molar-refractivity contribution in [2.24, 2.45) is 0 Å². The van der Waals surface area contributed by atoms with Crippen molar-refractivity contribution in [1.29, 1.82) is 5.26 Å². The van der Waals surface area contributed by atoms with Crippen molar-refractivity contribution in [3.8, 4) is 6.07 Å². The van der Waals surface area contributed by atoms with Crippen LogP contribution < -0.4 is 5.32 Å². The molecule has 0 fully saturated rings. The first-order valence-electron chi connectivity index (χ1n) is 6.38. The number of nitrogens with zero attached hydrogens (tertiary/aromatic N) is 1. The minimum absolute atomic E-state index is 0.340. The molecule has 0 amide bonds. The molecule has 92 valence electrons. The van der Waals surface area contributed by atoms with Crippen molar-refractivity contribution in [3.05, 3.63) is 35.4 Å². The highest BCUT2D eigenvalue weighted by atomic mass is 14.8. The van der Waals surface area contributed by atoms with Gasteiger partial charge in [0.25, 0.3) is 0 Å². The van der Waals surface area contributed by atoms with Gasteiger partial charge in [0.1, 0.15) is 0 Å². The zero-order valence-electron chi connectivity index (χ0n) is 11.1. The quantitative estimate of drug-likeness (QED) is 0.762. The van der Waals surface area contributed by atoms with Crippen molar-refractivity contribution in [1.82, 2.24) is 5.32 Å². The van der Waals surface area contributed by atoms with Crippen LogP contribution in [0.15, 0.2) is 24.3 Å². The van der Waals surface area contributed by atoms with E-state index in [4.69, 9.17) is 0 Å². The molecule has 0 aliphatic heterocycles. The summed E-state index contributed by atoms with van der Waals surface area (Å²) in [5, 5.41) is 12.9. The van der Waals surface area contributed by atoms with Crippen molar-refractivity contribution in [2.45, 2.75) is 39.0 Å². The van der Waals surface area contributed by atoms with Crippen LogP contribution >= 0.6 is 0 Å². The fourth-order valence-corrected chi connectivity index (χ4v) is 2.29. The average Bonchev–Trinajstić information content (AvgIpc) is 2.36. The fourth-order valence-electron chi connectivity index (χ4n) is 2.29. The standard InChI is InChI=1S/C15H22N2/c1-4-15(12-16,10-11-17-5-2)14-9-7-6-8-13(14)3/h6-9,17H,4-5,10-11H2,1-3H3. The molecule has 0 saturated carbocycles. The summed E-state index contributed by atoms with van der Waals surface area (Å²) in [7, 11) is 0. The van der Waals surface area contributed by atoms with Gasteiger partial charge in [-0.25, -0.2) is 0 Å². The summed E-state index contributed by atoms with van der Waals surface area (Å²) in [6.45, 7) is 8.13. The lowest BCUT2D eigenvalue weighted by Crippen LogP contribution is -2.29. The monoisotopic (exact) mass is 230 g/mol. The lowest BCUT2D eigenvalue weighted by Gasteiger charge is -2.27. The van der Waals surface area contributed by atoms with Crippen LogP contribution in [0.25, 0.3) is 0 Å². The van der Waals surface area contributed by atoms with Crippen LogP contribution in [0.1, 0.15) is 37.8 Å². The number of hydrogen-bond acceptors (Lipinski definition) is 2. The summed E-state index contributed by atoms with van der Waals surface area (Å²) in [6, 6.07) is 10.8. The van der Waals surface area contributed by atoms with Crippen molar-refractivity contribution in [2.75, 3.05) is 13.1 Å². The van der Waals surface area contributed by atoms with Gasteiger partial charge in [0.2, 0.25) is 0 Å². The number of nitriles is 1. The van der Waals surface area contributed by atoms with E-state index in [-0.39, 0.29) is 5.41 Å². The zero-order valence-corrected chi connectivity index (χ0v) is 11.1. The highest BCUT2D eigenvalue weighted by Gasteiger charge is 2.30. The van der Waals surface area contributed by atoms with Gasteiger partial charge in [0, 0.05) is 0 Å². The van der Waals surface area contributed by atoms with E-state index >= 15 is 0 Å². The third kappa shape index (κ3) is 3.08. The SMILES string of the molecule is CCNCCC(C#N)(CC)c1ccccc1C. The van der Waals surface area contributed by atoms with Gasteiger partial charge in [0.05, 0.1) is 11.5 Å². The molecule has 0 heterocycles. The van der Waals surface area contributed by atoms with E-state index in [0.29, 0.717) is 0 Å². The van der Waals surface area contributed by atoms with E-state index in [1.165, 1.54) is 11.1 Å². The molecule has 0 aliphatic rings. The maximum absolute atomic E-state index is 9.58. The van der Waals surface area contributed by atoms with E-state index in [2.05, 4.69) is 44.3 Å². The highest BCUT2D eigenvalue weighted by molar-refractivity contribution is 5.38. The third-order valence-corrected chi connectivity index (χ3v) is 3.46. The van der Waals surface area contributed by atoms with E-state index in [9.17, 15) is 5.26 Å². The Morgan fingerprint density at radius 2 is 2.00 bits per heavy atom. The summed E-state index contributed by atoms with van der Waals surface area (Å²) in [5.41, 5.74) is 2.06. The Hall–Kier alpha value is -1.33. The second kappa shape index (κ2) is 6.42. The minimum atomic E-state index is -0.340. The van der Waals surface area contributed by atoms with Crippen LogP contribution in [0.3, 0.4) is 0 Å². The third-order valence-electron chi connectivity index (χ3n) is 3.46. The summed E-state index contributed by atoms with van der Waals surface area (Å²) >= 11 is 0. The second-order valence-corrected chi connectivity index (χ2v) is 4.47. The average molecular weight is 230 g/mol. The highest BCUT2D eigenvalue weighted by Crippen LogP contribution is 2.32. The Balaban J connectivity index is 3.00. The molecule has 1 unspecified atom stereocenters. The van der Waals surface area contributed by atoms with Crippen LogP contribution in [0.2, 0.25) is 0 Å². The topological polar surface area (TPSA) is 35.8 Å². The molecule has 0 aliphatic carbocycles. The molecule has 1 rings (SSSR count). The molecule has 2 nitrogen and oxygen atoms in total. The molecule has 0 aromatic heterocycles. The lowest BCUT2D eigenvalue weighted by atomic mass is 9.75. The van der Waals surface area contributed by atoms with E-state index in [1.807, 2.05) is 12.1 Å². The number of hydrogen-bond donors (Lipinski definition) is 1. The first kappa shape index (κ1) is 13.7. The number of benzene rings is 1. The van der Waals surface area contributed by atoms with E-state index < -0.39 is 0 Å². The maximum atomic E-state index is 9.58. The van der Waals surface area contributed by atoms with Gasteiger partial charge in [-0.1, -0.05) is 38.1 Å².